The van der Waals surface area contributed by atoms with Gasteiger partial charge < -0.3 is 15.1 Å². The lowest BCUT2D eigenvalue weighted by Gasteiger charge is -2.33. The average molecular weight is 506 g/mol. The number of hydrogen-bond donors (Lipinski definition) is 1. The van der Waals surface area contributed by atoms with Gasteiger partial charge in [-0.3, -0.25) is 9.29 Å². The number of benzene rings is 1. The molecule has 0 saturated carbocycles. The summed E-state index contributed by atoms with van der Waals surface area (Å²) in [5, 5.41) is 3.37. The minimum Gasteiger partial charge on any atom is -0.368 e. The Bertz CT molecular complexity index is 1380. The van der Waals surface area contributed by atoms with Crippen LogP contribution < -0.4 is 14.5 Å². The van der Waals surface area contributed by atoms with Gasteiger partial charge in [-0.05, 0) is 31.3 Å². The van der Waals surface area contributed by atoms with Crippen LogP contribution in [0.25, 0.3) is 6.08 Å². The molecule has 0 radical (unpaired) electrons. The largest absolute Gasteiger partial charge is 0.368 e. The highest BCUT2D eigenvalue weighted by Gasteiger charge is 2.20. The first-order valence-corrected chi connectivity index (χ1v) is 13.9. The molecule has 36 heavy (non-hydrogen) atoms. The molecular weight excluding hydrogens is 474 g/mol. The first kappa shape index (κ1) is 24.2. The van der Waals surface area contributed by atoms with Gasteiger partial charge in [-0.1, -0.05) is 24.3 Å². The number of hydrogen-bond acceptors (Lipinski definition) is 8. The van der Waals surface area contributed by atoms with Crippen LogP contribution in [0, 0.1) is 0 Å². The van der Waals surface area contributed by atoms with E-state index >= 15 is 0 Å². The highest BCUT2D eigenvalue weighted by atomic mass is 32.2. The topological polar surface area (TPSA) is 94.6 Å². The number of rotatable bonds is 7. The fraction of sp³-hybridized carbons (Fsp3) is 0.346. The van der Waals surface area contributed by atoms with Crippen LogP contribution in [0.2, 0.25) is 0 Å². The van der Waals surface area contributed by atoms with E-state index in [1.807, 2.05) is 36.5 Å². The Morgan fingerprint density at radius 1 is 1.06 bits per heavy atom. The van der Waals surface area contributed by atoms with Gasteiger partial charge >= 0.3 is 0 Å². The van der Waals surface area contributed by atoms with Crippen LogP contribution in [0.3, 0.4) is 0 Å². The lowest BCUT2D eigenvalue weighted by atomic mass is 10.2. The number of aromatic nitrogens is 3. The SMILES string of the molecule is CN1CCN(c2ccc(Cc3nc4c(c(Nc5ccccc5N(C)S(C)(=O)=O)n3)C=CC4)nc2)CC1. The Kier molecular flexibility index (Phi) is 6.63. The van der Waals surface area contributed by atoms with Gasteiger partial charge in [0.15, 0.2) is 0 Å². The number of sulfonamides is 1. The average Bonchev–Trinajstić information content (AvgIpc) is 3.33. The molecule has 1 aromatic carbocycles. The van der Waals surface area contributed by atoms with Crippen molar-refractivity contribution in [2.45, 2.75) is 12.8 Å². The van der Waals surface area contributed by atoms with Crippen LogP contribution >= 0.6 is 0 Å². The molecule has 188 valence electrons. The second-order valence-electron chi connectivity index (χ2n) is 9.30. The highest BCUT2D eigenvalue weighted by Crippen LogP contribution is 2.32. The van der Waals surface area contributed by atoms with Crippen molar-refractivity contribution in [3.05, 3.63) is 71.4 Å². The summed E-state index contributed by atoms with van der Waals surface area (Å²) in [6.07, 6.45) is 8.44. The molecule has 1 aliphatic heterocycles. The molecule has 0 amide bonds. The zero-order valence-corrected chi connectivity index (χ0v) is 21.7. The van der Waals surface area contributed by atoms with E-state index in [2.05, 4.69) is 34.3 Å². The number of nitrogens with one attached hydrogen (secondary N) is 1. The van der Waals surface area contributed by atoms with Crippen molar-refractivity contribution in [3.63, 3.8) is 0 Å². The predicted molar refractivity (Wildman–Crippen MR) is 144 cm³/mol. The Morgan fingerprint density at radius 2 is 1.83 bits per heavy atom. The molecule has 2 aliphatic rings. The first-order chi connectivity index (χ1) is 17.3. The third-order valence-electron chi connectivity index (χ3n) is 6.68. The summed E-state index contributed by atoms with van der Waals surface area (Å²) in [5.41, 5.74) is 5.13. The molecule has 3 aromatic rings. The summed E-state index contributed by atoms with van der Waals surface area (Å²) in [6.45, 7) is 4.11. The summed E-state index contributed by atoms with van der Waals surface area (Å²) >= 11 is 0. The third-order valence-corrected chi connectivity index (χ3v) is 7.87. The number of anilines is 4. The van der Waals surface area contributed by atoms with Crippen molar-refractivity contribution >= 4 is 39.0 Å². The van der Waals surface area contributed by atoms with E-state index < -0.39 is 10.0 Å². The van der Waals surface area contributed by atoms with Crippen LogP contribution in [0.4, 0.5) is 22.9 Å². The quantitative estimate of drug-likeness (QED) is 0.524. The van der Waals surface area contributed by atoms with Crippen molar-refractivity contribution in [2.24, 2.45) is 0 Å². The van der Waals surface area contributed by atoms with Crippen molar-refractivity contribution in [2.75, 3.05) is 61.1 Å². The molecule has 1 saturated heterocycles. The molecule has 0 unspecified atom stereocenters. The smallest absolute Gasteiger partial charge is 0.232 e. The molecule has 2 aromatic heterocycles. The van der Waals surface area contributed by atoms with Gasteiger partial charge in [-0.2, -0.15) is 0 Å². The van der Waals surface area contributed by atoms with Crippen molar-refractivity contribution in [1.82, 2.24) is 19.9 Å². The van der Waals surface area contributed by atoms with Gasteiger partial charge in [0.1, 0.15) is 11.6 Å². The van der Waals surface area contributed by atoms with Crippen LogP contribution in [0.1, 0.15) is 22.8 Å². The van der Waals surface area contributed by atoms with E-state index in [1.54, 1.807) is 13.1 Å². The fourth-order valence-electron chi connectivity index (χ4n) is 4.46. The van der Waals surface area contributed by atoms with Crippen molar-refractivity contribution in [3.8, 4) is 0 Å². The predicted octanol–water partition coefficient (Wildman–Crippen LogP) is 2.92. The van der Waals surface area contributed by atoms with Crippen LogP contribution in [-0.2, 0) is 22.9 Å². The van der Waals surface area contributed by atoms with E-state index in [0.717, 1.165) is 55.2 Å². The van der Waals surface area contributed by atoms with Gasteiger partial charge in [0.2, 0.25) is 10.0 Å². The summed E-state index contributed by atoms with van der Waals surface area (Å²) in [6, 6.07) is 11.5. The van der Waals surface area contributed by atoms with Crippen LogP contribution in [0.5, 0.6) is 0 Å². The lowest BCUT2D eigenvalue weighted by Crippen LogP contribution is -2.44. The monoisotopic (exact) mass is 505 g/mol. The minimum atomic E-state index is -3.41. The van der Waals surface area contributed by atoms with E-state index in [4.69, 9.17) is 15.0 Å². The Labute approximate surface area is 212 Å². The second kappa shape index (κ2) is 9.87. The number of fused-ring (bicyclic) bond motifs is 1. The summed E-state index contributed by atoms with van der Waals surface area (Å²) < 4.78 is 25.6. The number of allylic oxidation sites excluding steroid dienone is 1. The molecule has 9 nitrogen and oxygen atoms in total. The number of likely N-dealkylation sites (N-methyl/N-ethyl adjacent to an activating group) is 1. The van der Waals surface area contributed by atoms with Crippen molar-refractivity contribution < 1.29 is 8.42 Å². The van der Waals surface area contributed by atoms with Gasteiger partial charge in [-0.15, -0.1) is 0 Å². The maximum absolute atomic E-state index is 12.2. The molecule has 5 rings (SSSR count). The minimum absolute atomic E-state index is 0.510. The number of piperazine rings is 1. The fourth-order valence-corrected chi connectivity index (χ4v) is 4.97. The van der Waals surface area contributed by atoms with Crippen LogP contribution in [-0.4, -0.2) is 74.8 Å². The normalized spacial score (nSPS) is 15.7. The number of nitrogens with zero attached hydrogens (tertiary/aromatic N) is 6. The summed E-state index contributed by atoms with van der Waals surface area (Å²) in [7, 11) is 0.281. The second-order valence-corrected chi connectivity index (χ2v) is 11.3. The third kappa shape index (κ3) is 5.19. The van der Waals surface area contributed by atoms with Crippen molar-refractivity contribution in [1.29, 1.82) is 0 Å². The zero-order chi connectivity index (χ0) is 25.3. The Morgan fingerprint density at radius 3 is 2.56 bits per heavy atom. The van der Waals surface area contributed by atoms with Gasteiger partial charge in [-0.25, -0.2) is 18.4 Å². The summed E-state index contributed by atoms with van der Waals surface area (Å²) in [5.74, 6) is 1.33. The van der Waals surface area contributed by atoms with E-state index in [1.165, 1.54) is 10.6 Å². The molecule has 1 N–H and O–H groups in total. The molecule has 0 spiro atoms. The highest BCUT2D eigenvalue weighted by molar-refractivity contribution is 7.92. The molecule has 10 heteroatoms. The van der Waals surface area contributed by atoms with E-state index in [-0.39, 0.29) is 0 Å². The summed E-state index contributed by atoms with van der Waals surface area (Å²) in [4.78, 5) is 19.0. The molecular formula is C26H31N7O2S. The Hall–Kier alpha value is -3.50. The van der Waals surface area contributed by atoms with Gasteiger partial charge in [0.25, 0.3) is 0 Å². The number of para-hydroxylation sites is 2. The maximum Gasteiger partial charge on any atom is 0.232 e. The van der Waals surface area contributed by atoms with Gasteiger partial charge in [0.05, 0.1) is 41.6 Å². The lowest BCUT2D eigenvalue weighted by molar-refractivity contribution is 0.313. The maximum atomic E-state index is 12.2. The van der Waals surface area contributed by atoms with Crippen LogP contribution in [0.15, 0.2) is 48.7 Å². The molecule has 0 bridgehead atoms. The standard InChI is InChI=1S/C26H31N7O2S/c1-31-13-15-33(16-14-31)20-12-11-19(27-18-20)17-25-28-22-9-6-7-21(22)26(30-25)29-23-8-4-5-10-24(23)32(2)36(3,34)35/h4-8,10-12,18H,9,13-17H2,1-3H3,(H,28,29,30). The molecule has 1 aliphatic carbocycles. The van der Waals surface area contributed by atoms with E-state index in [9.17, 15) is 8.42 Å². The number of pyridine rings is 1. The van der Waals surface area contributed by atoms with Gasteiger partial charge in [0, 0.05) is 50.9 Å². The molecule has 3 heterocycles. The Balaban J connectivity index is 1.39. The zero-order valence-electron chi connectivity index (χ0n) is 20.8. The molecule has 0 atom stereocenters. The first-order valence-electron chi connectivity index (χ1n) is 12.0. The molecule has 1 fully saturated rings. The van der Waals surface area contributed by atoms with E-state index in [0.29, 0.717) is 29.4 Å².